The molecule has 22 heavy (non-hydrogen) atoms. The zero-order valence-corrected chi connectivity index (χ0v) is 12.8. The Morgan fingerprint density at radius 1 is 1.36 bits per heavy atom. The second kappa shape index (κ2) is 5.65. The number of hydrogen-bond acceptors (Lipinski definition) is 6. The van der Waals surface area contributed by atoms with Gasteiger partial charge in [-0.1, -0.05) is 0 Å². The number of methoxy groups -OCH3 is 1. The van der Waals surface area contributed by atoms with E-state index in [0.717, 1.165) is 19.2 Å². The summed E-state index contributed by atoms with van der Waals surface area (Å²) in [6.07, 6.45) is 0. The smallest absolute Gasteiger partial charge is 0.330 e. The number of carbonyl (C=O) groups is 2. The van der Waals surface area contributed by atoms with E-state index in [-0.39, 0.29) is 18.8 Å². The average molecular weight is 330 g/mol. The maximum Gasteiger partial charge on any atom is 0.330 e. The fourth-order valence-corrected chi connectivity index (χ4v) is 4.06. The number of esters is 1. The molecule has 0 radical (unpaired) electrons. The summed E-state index contributed by atoms with van der Waals surface area (Å²) in [5, 5.41) is 5.04. The molecule has 0 aliphatic carbocycles. The van der Waals surface area contributed by atoms with Crippen molar-refractivity contribution in [2.45, 2.75) is 16.6 Å². The van der Waals surface area contributed by atoms with Gasteiger partial charge in [-0.15, -0.1) is 0 Å². The summed E-state index contributed by atoms with van der Waals surface area (Å²) < 4.78 is 42.1. The summed E-state index contributed by atoms with van der Waals surface area (Å²) in [7, 11) is -3.20. The quantitative estimate of drug-likeness (QED) is 0.758. The topological polar surface area (TPSA) is 102 Å². The molecular weight excluding hydrogens is 315 g/mol. The molecule has 0 saturated carbocycles. The normalized spacial score (nSPS) is 16.5. The summed E-state index contributed by atoms with van der Waals surface area (Å²) in [5.41, 5.74) is 0.128. The van der Waals surface area contributed by atoms with E-state index in [4.69, 9.17) is 0 Å². The van der Waals surface area contributed by atoms with E-state index >= 15 is 0 Å². The molecule has 9 heteroatoms. The molecule has 1 fully saturated rings. The zero-order valence-electron chi connectivity index (χ0n) is 12.0. The van der Waals surface area contributed by atoms with Crippen LogP contribution in [-0.2, 0) is 24.2 Å². The third-order valence-corrected chi connectivity index (χ3v) is 5.83. The van der Waals surface area contributed by atoms with Gasteiger partial charge in [0.15, 0.2) is 14.6 Å². The van der Waals surface area contributed by atoms with E-state index in [2.05, 4.69) is 15.4 Å². The maximum absolute atomic E-state index is 14.2. The van der Waals surface area contributed by atoms with Gasteiger partial charge in [-0.3, -0.25) is 9.59 Å². The van der Waals surface area contributed by atoms with Crippen LogP contribution in [0.15, 0.2) is 23.1 Å². The van der Waals surface area contributed by atoms with Crippen molar-refractivity contribution in [1.29, 1.82) is 0 Å². The molecule has 0 bridgehead atoms. The fourth-order valence-electron chi connectivity index (χ4n) is 2.19. The van der Waals surface area contributed by atoms with E-state index in [1.54, 1.807) is 0 Å². The van der Waals surface area contributed by atoms with Crippen molar-refractivity contribution in [3.63, 3.8) is 0 Å². The molecule has 1 heterocycles. The molecule has 1 aromatic rings. The van der Waals surface area contributed by atoms with E-state index in [1.165, 1.54) is 13.0 Å². The molecule has 1 aromatic carbocycles. The Balaban J connectivity index is 2.46. The van der Waals surface area contributed by atoms with Crippen molar-refractivity contribution in [1.82, 2.24) is 5.32 Å². The first-order chi connectivity index (χ1) is 10.2. The monoisotopic (exact) mass is 330 g/mol. The first kappa shape index (κ1) is 16.4. The lowest BCUT2D eigenvalue weighted by Gasteiger charge is -2.38. The number of hydrogen-bond donors (Lipinski definition) is 2. The van der Waals surface area contributed by atoms with Crippen LogP contribution in [0.5, 0.6) is 0 Å². The Morgan fingerprint density at radius 3 is 2.41 bits per heavy atom. The van der Waals surface area contributed by atoms with Gasteiger partial charge in [0.25, 0.3) is 0 Å². The molecule has 0 spiro atoms. The Hall–Kier alpha value is -2.00. The van der Waals surface area contributed by atoms with Crippen LogP contribution in [0.2, 0.25) is 0 Å². The highest BCUT2D eigenvalue weighted by molar-refractivity contribution is 7.93. The average Bonchev–Trinajstić information content (AvgIpc) is 2.35. The van der Waals surface area contributed by atoms with E-state index in [1.807, 2.05) is 0 Å². The van der Waals surface area contributed by atoms with Crippen LogP contribution < -0.4 is 10.6 Å². The van der Waals surface area contributed by atoms with Gasteiger partial charge in [0.05, 0.1) is 7.11 Å². The van der Waals surface area contributed by atoms with Crippen molar-refractivity contribution in [3.05, 3.63) is 24.0 Å². The van der Waals surface area contributed by atoms with Gasteiger partial charge in [-0.25, -0.2) is 12.8 Å². The van der Waals surface area contributed by atoms with Crippen LogP contribution in [0.1, 0.15) is 6.92 Å². The third kappa shape index (κ3) is 2.46. The van der Waals surface area contributed by atoms with Gasteiger partial charge in [0.1, 0.15) is 10.7 Å². The predicted molar refractivity (Wildman–Crippen MR) is 75.5 cm³/mol. The Kier molecular flexibility index (Phi) is 4.21. The number of sulfone groups is 1. The lowest BCUT2D eigenvalue weighted by atomic mass is 10.0. The minimum Gasteiger partial charge on any atom is -0.468 e. The SMILES string of the molecule is COC(=O)C1(S(=O)(=O)c2ccc(NC(C)=O)cc2F)CNC1. The molecule has 120 valence electrons. The molecule has 0 aromatic heterocycles. The highest BCUT2D eigenvalue weighted by Gasteiger charge is 2.57. The molecule has 1 aliphatic heterocycles. The highest BCUT2D eigenvalue weighted by atomic mass is 32.2. The van der Waals surface area contributed by atoms with Crippen LogP contribution in [0.3, 0.4) is 0 Å². The minimum absolute atomic E-state index is 0.128. The summed E-state index contributed by atoms with van der Waals surface area (Å²) in [4.78, 5) is 22.2. The summed E-state index contributed by atoms with van der Waals surface area (Å²) >= 11 is 0. The van der Waals surface area contributed by atoms with Gasteiger partial charge in [-0.05, 0) is 18.2 Å². The largest absolute Gasteiger partial charge is 0.468 e. The minimum atomic E-state index is -4.28. The van der Waals surface area contributed by atoms with Crippen molar-refractivity contribution >= 4 is 27.4 Å². The van der Waals surface area contributed by atoms with Crippen molar-refractivity contribution in [2.75, 3.05) is 25.5 Å². The maximum atomic E-state index is 14.2. The number of anilines is 1. The van der Waals surface area contributed by atoms with Crippen molar-refractivity contribution in [3.8, 4) is 0 Å². The lowest BCUT2D eigenvalue weighted by molar-refractivity contribution is -0.145. The summed E-state index contributed by atoms with van der Waals surface area (Å²) in [6.45, 7) is 0.957. The standard InChI is InChI=1S/C13H15FN2O5S/c1-8(17)16-9-3-4-11(10(14)5-9)22(19,20)13(6-15-7-13)12(18)21-2/h3-5,15H,6-7H2,1-2H3,(H,16,17). The van der Waals surface area contributed by atoms with E-state index in [0.29, 0.717) is 0 Å². The number of benzene rings is 1. The second-order valence-corrected chi connectivity index (χ2v) is 7.15. The highest BCUT2D eigenvalue weighted by Crippen LogP contribution is 2.33. The number of nitrogens with one attached hydrogen (secondary N) is 2. The van der Waals surface area contributed by atoms with Crippen molar-refractivity contribution in [2.24, 2.45) is 0 Å². The number of ether oxygens (including phenoxy) is 1. The van der Waals surface area contributed by atoms with E-state index in [9.17, 15) is 22.4 Å². The van der Waals surface area contributed by atoms with Crippen LogP contribution in [0.4, 0.5) is 10.1 Å². The van der Waals surface area contributed by atoms with Crippen molar-refractivity contribution < 1.29 is 27.1 Å². The third-order valence-electron chi connectivity index (χ3n) is 3.43. The lowest BCUT2D eigenvalue weighted by Crippen LogP contribution is -2.68. The summed E-state index contributed by atoms with van der Waals surface area (Å²) in [5.74, 6) is -2.39. The molecule has 0 atom stereocenters. The van der Waals surface area contributed by atoms with Gasteiger partial charge < -0.3 is 15.4 Å². The van der Waals surface area contributed by atoms with Crippen LogP contribution in [0, 0.1) is 5.82 Å². The Morgan fingerprint density at radius 2 is 2.00 bits per heavy atom. The molecule has 2 rings (SSSR count). The first-order valence-electron chi connectivity index (χ1n) is 6.35. The van der Waals surface area contributed by atoms with Crippen LogP contribution in [-0.4, -0.2) is 45.2 Å². The number of carbonyl (C=O) groups excluding carboxylic acids is 2. The summed E-state index contributed by atoms with van der Waals surface area (Å²) in [6, 6.07) is 3.18. The van der Waals surface area contributed by atoms with Gasteiger partial charge >= 0.3 is 5.97 Å². The van der Waals surface area contributed by atoms with Crippen LogP contribution in [0.25, 0.3) is 0 Å². The number of halogens is 1. The first-order valence-corrected chi connectivity index (χ1v) is 7.84. The Labute approximate surface area is 126 Å². The molecule has 1 amide bonds. The molecule has 7 nitrogen and oxygen atoms in total. The van der Waals surface area contributed by atoms with E-state index < -0.39 is 37.2 Å². The molecular formula is C13H15FN2O5S. The molecule has 1 aliphatic rings. The van der Waals surface area contributed by atoms with Gasteiger partial charge in [0.2, 0.25) is 5.91 Å². The molecule has 0 unspecified atom stereocenters. The molecule has 1 saturated heterocycles. The fraction of sp³-hybridized carbons (Fsp3) is 0.385. The zero-order chi connectivity index (χ0) is 16.5. The van der Waals surface area contributed by atoms with Crippen LogP contribution >= 0.6 is 0 Å². The Bertz CT molecular complexity index is 728. The number of rotatable bonds is 4. The number of amides is 1. The predicted octanol–water partition coefficient (Wildman–Crippen LogP) is 0.0728. The molecule has 2 N–H and O–H groups in total. The van der Waals surface area contributed by atoms with Gasteiger partial charge in [0, 0.05) is 25.7 Å². The van der Waals surface area contributed by atoms with Gasteiger partial charge in [-0.2, -0.15) is 0 Å². The second-order valence-electron chi connectivity index (χ2n) is 4.92.